The summed E-state index contributed by atoms with van der Waals surface area (Å²) in [6.07, 6.45) is -2.44. The van der Waals surface area contributed by atoms with Crippen LogP contribution in [0, 0.1) is 0 Å². The van der Waals surface area contributed by atoms with Crippen LogP contribution in [0.3, 0.4) is 0 Å². The molecule has 0 amide bonds. The summed E-state index contributed by atoms with van der Waals surface area (Å²) in [5.74, 6) is 0.778. The highest BCUT2D eigenvalue weighted by molar-refractivity contribution is 5.73. The van der Waals surface area contributed by atoms with Crippen molar-refractivity contribution in [2.45, 2.75) is 6.18 Å². The maximum absolute atomic E-state index is 12.6. The van der Waals surface area contributed by atoms with E-state index in [1.807, 2.05) is 30.5 Å². The second-order valence-electron chi connectivity index (χ2n) is 5.13. The van der Waals surface area contributed by atoms with Crippen LogP contribution in [0.25, 0.3) is 5.57 Å². The van der Waals surface area contributed by atoms with Gasteiger partial charge in [0.15, 0.2) is 0 Å². The Labute approximate surface area is 132 Å². The van der Waals surface area contributed by atoms with E-state index < -0.39 is 11.7 Å². The molecule has 0 unspecified atom stereocenters. The molecule has 0 saturated heterocycles. The molecule has 2 aromatic rings. The molecule has 23 heavy (non-hydrogen) atoms. The molecule has 1 aliphatic heterocycles. The van der Waals surface area contributed by atoms with Gasteiger partial charge in [0.05, 0.1) is 18.4 Å². The quantitative estimate of drug-likeness (QED) is 0.922. The number of nitrogens with zero attached hydrogens (tertiary/aromatic N) is 1. The number of nitrogens with one attached hydrogen (secondary N) is 1. The van der Waals surface area contributed by atoms with Gasteiger partial charge in [-0.2, -0.15) is 13.2 Å². The van der Waals surface area contributed by atoms with Crippen molar-refractivity contribution in [2.75, 3.05) is 18.7 Å². The Balaban J connectivity index is 1.78. The summed E-state index contributed by atoms with van der Waals surface area (Å²) in [4.78, 5) is 0. The molecule has 0 radical (unpaired) electrons. The molecule has 1 aliphatic rings. The van der Waals surface area contributed by atoms with Gasteiger partial charge < -0.3 is 4.74 Å². The van der Waals surface area contributed by atoms with Gasteiger partial charge in [-0.3, -0.25) is 5.01 Å². The lowest BCUT2D eigenvalue weighted by atomic mass is 10.1. The molecular formula is C17H15F3N2O. The summed E-state index contributed by atoms with van der Waals surface area (Å²) in [5.41, 5.74) is 5.22. The van der Waals surface area contributed by atoms with Crippen LogP contribution in [-0.2, 0) is 6.18 Å². The highest BCUT2D eigenvalue weighted by Gasteiger charge is 2.30. The van der Waals surface area contributed by atoms with E-state index in [0.29, 0.717) is 12.2 Å². The van der Waals surface area contributed by atoms with Crippen LogP contribution < -0.4 is 15.2 Å². The van der Waals surface area contributed by atoms with Gasteiger partial charge in [-0.05, 0) is 47.5 Å². The maximum Gasteiger partial charge on any atom is 0.416 e. The van der Waals surface area contributed by atoms with Crippen LogP contribution in [-0.4, -0.2) is 13.7 Å². The molecule has 120 valence electrons. The summed E-state index contributed by atoms with van der Waals surface area (Å²) in [7, 11) is 1.61. The number of benzene rings is 2. The SMILES string of the molecule is COc1ccc(C2=CN(c3ccc(C(F)(F)F)cc3)NC2)cc1. The van der Waals surface area contributed by atoms with Crippen molar-refractivity contribution in [1.29, 1.82) is 0 Å². The number of alkyl halides is 3. The number of methoxy groups -OCH3 is 1. The second kappa shape index (κ2) is 5.96. The van der Waals surface area contributed by atoms with Crippen LogP contribution >= 0.6 is 0 Å². The minimum absolute atomic E-state index is 0.605. The molecule has 3 rings (SSSR count). The monoisotopic (exact) mass is 320 g/mol. The molecule has 0 bridgehead atoms. The zero-order valence-electron chi connectivity index (χ0n) is 12.4. The second-order valence-corrected chi connectivity index (χ2v) is 5.13. The van der Waals surface area contributed by atoms with Crippen molar-refractivity contribution in [3.05, 3.63) is 65.9 Å². The van der Waals surface area contributed by atoms with Gasteiger partial charge in [0.2, 0.25) is 0 Å². The largest absolute Gasteiger partial charge is 0.497 e. The van der Waals surface area contributed by atoms with Crippen molar-refractivity contribution in [3.63, 3.8) is 0 Å². The van der Waals surface area contributed by atoms with Crippen LogP contribution in [0.2, 0.25) is 0 Å². The van der Waals surface area contributed by atoms with Crippen molar-refractivity contribution in [1.82, 2.24) is 5.43 Å². The number of rotatable bonds is 3. The maximum atomic E-state index is 12.6. The predicted octanol–water partition coefficient (Wildman–Crippen LogP) is 4.08. The molecule has 2 aromatic carbocycles. The third-order valence-corrected chi connectivity index (χ3v) is 3.66. The van der Waals surface area contributed by atoms with E-state index in [2.05, 4.69) is 5.43 Å². The molecule has 0 atom stereocenters. The zero-order valence-corrected chi connectivity index (χ0v) is 12.4. The normalized spacial score (nSPS) is 14.8. The first-order valence-corrected chi connectivity index (χ1v) is 7.02. The van der Waals surface area contributed by atoms with Crippen LogP contribution in [0.15, 0.2) is 54.7 Å². The Bertz CT molecular complexity index is 706. The Kier molecular flexibility index (Phi) is 4.00. The first kappa shape index (κ1) is 15.4. The molecule has 0 aliphatic carbocycles. The lowest BCUT2D eigenvalue weighted by Gasteiger charge is -2.16. The number of ether oxygens (including phenoxy) is 1. The molecule has 0 saturated carbocycles. The van der Waals surface area contributed by atoms with Gasteiger partial charge in [0.1, 0.15) is 5.75 Å². The number of hydrogen-bond acceptors (Lipinski definition) is 3. The topological polar surface area (TPSA) is 24.5 Å². The molecule has 1 heterocycles. The van der Waals surface area contributed by atoms with Crippen molar-refractivity contribution >= 4 is 11.3 Å². The third kappa shape index (κ3) is 3.32. The molecule has 3 nitrogen and oxygen atoms in total. The van der Waals surface area contributed by atoms with Gasteiger partial charge in [0.25, 0.3) is 0 Å². The smallest absolute Gasteiger partial charge is 0.416 e. The van der Waals surface area contributed by atoms with Gasteiger partial charge >= 0.3 is 6.18 Å². The summed E-state index contributed by atoms with van der Waals surface area (Å²) < 4.78 is 42.9. The number of halogens is 3. The van der Waals surface area contributed by atoms with E-state index in [1.165, 1.54) is 12.1 Å². The number of hydrogen-bond donors (Lipinski definition) is 1. The predicted molar refractivity (Wildman–Crippen MR) is 82.9 cm³/mol. The summed E-state index contributed by atoms with van der Waals surface area (Å²) >= 11 is 0. The van der Waals surface area contributed by atoms with Crippen molar-refractivity contribution in [2.24, 2.45) is 0 Å². The van der Waals surface area contributed by atoms with Crippen LogP contribution in [0.4, 0.5) is 18.9 Å². The minimum Gasteiger partial charge on any atom is -0.497 e. The van der Waals surface area contributed by atoms with Gasteiger partial charge in [-0.15, -0.1) is 0 Å². The molecule has 0 aromatic heterocycles. The first-order chi connectivity index (χ1) is 11.0. The fraction of sp³-hybridized carbons (Fsp3) is 0.176. The van der Waals surface area contributed by atoms with Crippen LogP contribution in [0.5, 0.6) is 5.75 Å². The fourth-order valence-corrected chi connectivity index (χ4v) is 2.38. The molecule has 0 spiro atoms. The molecular weight excluding hydrogens is 305 g/mol. The average molecular weight is 320 g/mol. The standard InChI is InChI=1S/C17H15F3N2O/c1-23-16-8-2-12(3-9-16)13-10-21-22(11-13)15-6-4-14(5-7-15)17(18,19)20/h2-9,11,21H,10H2,1H3. The lowest BCUT2D eigenvalue weighted by molar-refractivity contribution is -0.137. The summed E-state index contributed by atoms with van der Waals surface area (Å²) in [6, 6.07) is 12.7. The highest BCUT2D eigenvalue weighted by atomic mass is 19.4. The Morgan fingerprint density at radius 2 is 1.65 bits per heavy atom. The minimum atomic E-state index is -4.32. The zero-order chi connectivity index (χ0) is 16.4. The van der Waals surface area contributed by atoms with E-state index in [9.17, 15) is 13.2 Å². The first-order valence-electron chi connectivity index (χ1n) is 7.02. The third-order valence-electron chi connectivity index (χ3n) is 3.66. The Morgan fingerprint density at radius 3 is 2.22 bits per heavy atom. The Hall–Kier alpha value is -2.47. The average Bonchev–Trinajstić information content (AvgIpc) is 3.04. The highest BCUT2D eigenvalue weighted by Crippen LogP contribution is 2.31. The van der Waals surface area contributed by atoms with Gasteiger partial charge in [0, 0.05) is 12.7 Å². The Morgan fingerprint density at radius 1 is 1.00 bits per heavy atom. The number of anilines is 1. The summed E-state index contributed by atoms with van der Waals surface area (Å²) in [6.45, 7) is 0.605. The van der Waals surface area contributed by atoms with E-state index >= 15 is 0 Å². The fourth-order valence-electron chi connectivity index (χ4n) is 2.38. The van der Waals surface area contributed by atoms with E-state index in [1.54, 1.807) is 12.1 Å². The summed E-state index contributed by atoms with van der Waals surface area (Å²) in [5, 5.41) is 1.72. The molecule has 1 N–H and O–H groups in total. The lowest BCUT2D eigenvalue weighted by Crippen LogP contribution is -2.28. The molecule has 0 fully saturated rings. The van der Waals surface area contributed by atoms with Crippen LogP contribution in [0.1, 0.15) is 11.1 Å². The molecule has 6 heteroatoms. The van der Waals surface area contributed by atoms with Gasteiger partial charge in [-0.25, -0.2) is 5.43 Å². The number of hydrazine groups is 1. The van der Waals surface area contributed by atoms with E-state index in [4.69, 9.17) is 4.74 Å². The van der Waals surface area contributed by atoms with Crippen molar-refractivity contribution in [3.8, 4) is 5.75 Å². The van der Waals surface area contributed by atoms with E-state index in [-0.39, 0.29) is 0 Å². The van der Waals surface area contributed by atoms with Crippen molar-refractivity contribution < 1.29 is 17.9 Å². The van der Waals surface area contributed by atoms with E-state index in [0.717, 1.165) is 29.0 Å². The van der Waals surface area contributed by atoms with Gasteiger partial charge in [-0.1, -0.05) is 12.1 Å².